The van der Waals surface area contributed by atoms with Crippen molar-refractivity contribution >= 4 is 39.0 Å². The van der Waals surface area contributed by atoms with Crippen LogP contribution in [0.1, 0.15) is 44.4 Å². The normalized spacial score (nSPS) is 23.1. The molecule has 2 aromatic rings. The predicted octanol–water partition coefficient (Wildman–Crippen LogP) is 4.90. The molecule has 0 aliphatic heterocycles. The number of fused-ring (bicyclic) bond motifs is 1. The molecule has 0 aromatic carbocycles. The summed E-state index contributed by atoms with van der Waals surface area (Å²) in [7, 11) is 0. The zero-order valence-electron chi connectivity index (χ0n) is 11.9. The molecule has 108 valence electrons. The molecule has 0 saturated heterocycles. The van der Waals surface area contributed by atoms with Crippen molar-refractivity contribution in [1.29, 1.82) is 0 Å². The van der Waals surface area contributed by atoms with Crippen molar-refractivity contribution in [3.63, 3.8) is 0 Å². The Balaban J connectivity index is 1.95. The largest absolute Gasteiger partial charge is 0.366 e. The highest BCUT2D eigenvalue weighted by Crippen LogP contribution is 2.33. The van der Waals surface area contributed by atoms with Crippen LogP contribution in [0.4, 0.5) is 5.82 Å². The Labute approximate surface area is 128 Å². The maximum Gasteiger partial charge on any atom is 0.225 e. The van der Waals surface area contributed by atoms with Crippen LogP contribution in [0, 0.1) is 5.92 Å². The molecule has 0 spiro atoms. The minimum absolute atomic E-state index is 0.341. The minimum atomic E-state index is 0.341. The van der Waals surface area contributed by atoms with E-state index in [1.807, 2.05) is 0 Å². The predicted molar refractivity (Wildman–Crippen MR) is 86.8 cm³/mol. The summed E-state index contributed by atoms with van der Waals surface area (Å²) in [5.74, 6) is 1.60. The molecule has 2 aromatic heterocycles. The number of hydrogen-bond donors (Lipinski definition) is 1. The summed E-state index contributed by atoms with van der Waals surface area (Å²) in [4.78, 5) is 11.1. The van der Waals surface area contributed by atoms with Gasteiger partial charge >= 0.3 is 0 Å². The van der Waals surface area contributed by atoms with E-state index in [1.165, 1.54) is 30.6 Å². The van der Waals surface area contributed by atoms with E-state index in [-0.39, 0.29) is 0 Å². The monoisotopic (exact) mass is 309 g/mol. The van der Waals surface area contributed by atoms with Gasteiger partial charge in [-0.05, 0) is 42.8 Å². The Morgan fingerprint density at radius 1 is 1.35 bits per heavy atom. The molecule has 2 atom stereocenters. The van der Waals surface area contributed by atoms with Crippen LogP contribution in [0.15, 0.2) is 6.07 Å². The third-order valence-electron chi connectivity index (χ3n) is 4.20. The molecule has 5 heteroatoms. The lowest BCUT2D eigenvalue weighted by Gasteiger charge is -2.30. The van der Waals surface area contributed by atoms with Gasteiger partial charge < -0.3 is 5.32 Å². The molecule has 0 bridgehead atoms. The molecular formula is C15H20ClN3S. The zero-order chi connectivity index (χ0) is 14.1. The Hall–Kier alpha value is -0.870. The first kappa shape index (κ1) is 14.1. The first-order valence-electron chi connectivity index (χ1n) is 7.40. The minimum Gasteiger partial charge on any atom is -0.366 e. The number of nitrogens with zero attached hydrogens (tertiary/aromatic N) is 2. The van der Waals surface area contributed by atoms with E-state index in [9.17, 15) is 0 Å². The molecule has 1 saturated carbocycles. The fourth-order valence-electron chi connectivity index (χ4n) is 2.94. The topological polar surface area (TPSA) is 37.8 Å². The van der Waals surface area contributed by atoms with E-state index in [1.54, 1.807) is 11.3 Å². The van der Waals surface area contributed by atoms with Gasteiger partial charge in [-0.2, -0.15) is 0 Å². The smallest absolute Gasteiger partial charge is 0.225 e. The number of hydrogen-bond acceptors (Lipinski definition) is 4. The maximum atomic E-state index is 6.07. The lowest BCUT2D eigenvalue weighted by atomic mass is 9.86. The van der Waals surface area contributed by atoms with Crippen molar-refractivity contribution in [2.45, 2.75) is 52.0 Å². The summed E-state index contributed by atoms with van der Waals surface area (Å²) in [6, 6.07) is 2.70. The molecule has 3 nitrogen and oxygen atoms in total. The molecule has 2 unspecified atom stereocenters. The third-order valence-corrected chi connectivity index (χ3v) is 5.54. The third kappa shape index (κ3) is 2.77. The van der Waals surface area contributed by atoms with Crippen molar-refractivity contribution in [1.82, 2.24) is 9.97 Å². The summed E-state index contributed by atoms with van der Waals surface area (Å²) < 4.78 is 0. The summed E-state index contributed by atoms with van der Waals surface area (Å²) in [6.07, 6.45) is 6.18. The van der Waals surface area contributed by atoms with Crippen LogP contribution >= 0.6 is 22.9 Å². The van der Waals surface area contributed by atoms with Gasteiger partial charge in [0.1, 0.15) is 10.6 Å². The molecule has 2 heterocycles. The summed E-state index contributed by atoms with van der Waals surface area (Å²) in [5.41, 5.74) is 0. The summed E-state index contributed by atoms with van der Waals surface area (Å²) in [5, 5.41) is 5.08. The second-order valence-electron chi connectivity index (χ2n) is 5.64. The molecule has 20 heavy (non-hydrogen) atoms. The van der Waals surface area contributed by atoms with Gasteiger partial charge in [0.05, 0.1) is 5.39 Å². The zero-order valence-corrected chi connectivity index (χ0v) is 13.5. The van der Waals surface area contributed by atoms with Crippen molar-refractivity contribution in [2.24, 2.45) is 5.92 Å². The van der Waals surface area contributed by atoms with E-state index in [0.29, 0.717) is 17.2 Å². The first-order valence-corrected chi connectivity index (χ1v) is 8.59. The van der Waals surface area contributed by atoms with Gasteiger partial charge in [0, 0.05) is 10.9 Å². The SMILES string of the molecule is CCc1cc2c(NC3CCCCC3C)nc(Cl)nc2s1. The maximum absolute atomic E-state index is 6.07. The first-order chi connectivity index (χ1) is 9.67. The van der Waals surface area contributed by atoms with E-state index in [4.69, 9.17) is 11.6 Å². The van der Waals surface area contributed by atoms with E-state index in [2.05, 4.69) is 35.2 Å². The Morgan fingerprint density at radius 3 is 2.90 bits per heavy atom. The van der Waals surface area contributed by atoms with Crippen molar-refractivity contribution in [3.05, 3.63) is 16.2 Å². The lowest BCUT2D eigenvalue weighted by molar-refractivity contribution is 0.349. The van der Waals surface area contributed by atoms with Crippen LogP contribution in [0.3, 0.4) is 0 Å². The number of anilines is 1. The van der Waals surface area contributed by atoms with Crippen LogP contribution < -0.4 is 5.32 Å². The average Bonchev–Trinajstić information content (AvgIpc) is 2.84. The van der Waals surface area contributed by atoms with Gasteiger partial charge in [0.2, 0.25) is 5.28 Å². The quantitative estimate of drug-likeness (QED) is 0.820. The van der Waals surface area contributed by atoms with Crippen molar-refractivity contribution in [3.8, 4) is 0 Å². The Bertz CT molecular complexity index is 610. The summed E-state index contributed by atoms with van der Waals surface area (Å²) in [6.45, 7) is 4.48. The highest BCUT2D eigenvalue weighted by molar-refractivity contribution is 7.18. The molecule has 1 fully saturated rings. The molecule has 0 amide bonds. The average molecular weight is 310 g/mol. The van der Waals surface area contributed by atoms with E-state index < -0.39 is 0 Å². The van der Waals surface area contributed by atoms with Crippen LogP contribution in [0.2, 0.25) is 5.28 Å². The van der Waals surface area contributed by atoms with Gasteiger partial charge in [0.15, 0.2) is 0 Å². The molecule has 1 N–H and O–H groups in total. The van der Waals surface area contributed by atoms with Crippen LogP contribution in [-0.4, -0.2) is 16.0 Å². The van der Waals surface area contributed by atoms with Crippen LogP contribution in [-0.2, 0) is 6.42 Å². The fraction of sp³-hybridized carbons (Fsp3) is 0.600. The number of rotatable bonds is 3. The van der Waals surface area contributed by atoms with Gasteiger partial charge in [-0.15, -0.1) is 11.3 Å². The molecule has 1 aliphatic carbocycles. The highest BCUT2D eigenvalue weighted by Gasteiger charge is 2.22. The number of thiophene rings is 1. The second kappa shape index (κ2) is 5.86. The fourth-order valence-corrected chi connectivity index (χ4v) is 4.12. The second-order valence-corrected chi connectivity index (χ2v) is 7.09. The highest BCUT2D eigenvalue weighted by atomic mass is 35.5. The van der Waals surface area contributed by atoms with Crippen LogP contribution in [0.5, 0.6) is 0 Å². The van der Waals surface area contributed by atoms with Crippen molar-refractivity contribution in [2.75, 3.05) is 5.32 Å². The standard InChI is InChI=1S/C15H20ClN3S/c1-3-10-8-11-13(18-15(16)19-14(11)20-10)17-12-7-5-4-6-9(12)2/h8-9,12H,3-7H2,1-2H3,(H,17,18,19). The van der Waals surface area contributed by atoms with Gasteiger partial charge in [-0.25, -0.2) is 9.97 Å². The van der Waals surface area contributed by atoms with Crippen molar-refractivity contribution < 1.29 is 0 Å². The van der Waals surface area contributed by atoms with Crippen LogP contribution in [0.25, 0.3) is 10.2 Å². The Morgan fingerprint density at radius 2 is 2.15 bits per heavy atom. The van der Waals surface area contributed by atoms with Gasteiger partial charge in [0.25, 0.3) is 0 Å². The van der Waals surface area contributed by atoms with Gasteiger partial charge in [-0.3, -0.25) is 0 Å². The molecule has 3 rings (SSSR count). The number of halogens is 1. The Kier molecular flexibility index (Phi) is 4.13. The molecule has 1 aliphatic rings. The lowest BCUT2D eigenvalue weighted by Crippen LogP contribution is -2.30. The summed E-state index contributed by atoms with van der Waals surface area (Å²) >= 11 is 7.79. The number of nitrogens with one attached hydrogen (secondary N) is 1. The van der Waals surface area contributed by atoms with Gasteiger partial charge in [-0.1, -0.05) is 26.7 Å². The molecular weight excluding hydrogens is 290 g/mol. The number of aromatic nitrogens is 2. The molecule has 0 radical (unpaired) electrons. The number of aryl methyl sites for hydroxylation is 1. The van der Waals surface area contributed by atoms with E-state index in [0.717, 1.165) is 22.5 Å². The van der Waals surface area contributed by atoms with E-state index >= 15 is 0 Å².